The van der Waals surface area contributed by atoms with Crippen LogP contribution in [-0.4, -0.2) is 22.8 Å². The maximum atomic E-state index is 12.1. The lowest BCUT2D eigenvalue weighted by atomic mass is 10.1. The molecule has 106 valence electrons. The minimum Gasteiger partial charge on any atom is -0.380 e. The minimum absolute atomic E-state index is 0.271. The predicted molar refractivity (Wildman–Crippen MR) is 75.9 cm³/mol. The molecule has 6 nitrogen and oxygen atoms in total. The van der Waals surface area contributed by atoms with E-state index in [1.54, 1.807) is 31.2 Å². The number of methoxy groups -OCH3 is 1. The third-order valence-corrected chi connectivity index (χ3v) is 2.87. The van der Waals surface area contributed by atoms with Gasteiger partial charge in [-0.25, -0.2) is 0 Å². The Labute approximate surface area is 117 Å². The zero-order valence-electron chi connectivity index (χ0n) is 11.5. The zero-order valence-corrected chi connectivity index (χ0v) is 11.5. The average Bonchev–Trinajstić information content (AvgIpc) is 2.85. The molecule has 1 aromatic carbocycles. The second kappa shape index (κ2) is 6.31. The van der Waals surface area contributed by atoms with Crippen LogP contribution in [-0.2, 0) is 23.2 Å². The van der Waals surface area contributed by atoms with Gasteiger partial charge in [0.2, 0.25) is 5.91 Å². The van der Waals surface area contributed by atoms with Crippen LogP contribution in [0.2, 0.25) is 0 Å². The van der Waals surface area contributed by atoms with Gasteiger partial charge in [0.15, 0.2) is 0 Å². The van der Waals surface area contributed by atoms with Crippen LogP contribution in [0.1, 0.15) is 17.2 Å². The molecule has 0 saturated carbocycles. The number of nitrogens with two attached hydrogens (primary N) is 1. The molecule has 1 heterocycles. The van der Waals surface area contributed by atoms with Crippen molar-refractivity contribution in [2.75, 3.05) is 12.4 Å². The molecule has 0 saturated heterocycles. The van der Waals surface area contributed by atoms with Crippen molar-refractivity contribution in [1.29, 1.82) is 0 Å². The number of hydrogen-bond donors (Lipinski definition) is 2. The molecule has 0 radical (unpaired) electrons. The van der Waals surface area contributed by atoms with Crippen molar-refractivity contribution in [3.63, 3.8) is 0 Å². The lowest BCUT2D eigenvalue weighted by molar-refractivity contribution is -0.117. The van der Waals surface area contributed by atoms with E-state index in [-0.39, 0.29) is 5.91 Å². The Balaban J connectivity index is 2.05. The van der Waals surface area contributed by atoms with Crippen LogP contribution in [0.15, 0.2) is 36.7 Å². The number of nitrogens with zero attached hydrogens (tertiary/aromatic N) is 2. The number of nitrogens with one attached hydrogen (secondary N) is 1. The highest BCUT2D eigenvalue weighted by atomic mass is 16.5. The van der Waals surface area contributed by atoms with Crippen LogP contribution in [0.5, 0.6) is 0 Å². The monoisotopic (exact) mass is 274 g/mol. The molecule has 0 aliphatic heterocycles. The molecule has 20 heavy (non-hydrogen) atoms. The van der Waals surface area contributed by atoms with E-state index in [0.717, 1.165) is 5.56 Å². The van der Waals surface area contributed by atoms with E-state index >= 15 is 0 Å². The Bertz CT molecular complexity index is 594. The Kier molecular flexibility index (Phi) is 4.49. The first-order valence-electron chi connectivity index (χ1n) is 6.23. The number of carbonyl (C=O) groups excluding carboxylic acids is 1. The van der Waals surface area contributed by atoms with Gasteiger partial charge in [-0.3, -0.25) is 9.48 Å². The predicted octanol–water partition coefficient (Wildman–Crippen LogP) is 1.20. The van der Waals surface area contributed by atoms with Crippen molar-refractivity contribution in [3.8, 4) is 0 Å². The second-order valence-electron chi connectivity index (χ2n) is 4.55. The molecule has 1 aromatic heterocycles. The van der Waals surface area contributed by atoms with Crippen molar-refractivity contribution in [1.82, 2.24) is 9.78 Å². The third kappa shape index (κ3) is 3.43. The molecule has 0 fully saturated rings. The summed E-state index contributed by atoms with van der Waals surface area (Å²) in [6.45, 7) is 0.498. The molecule has 2 rings (SSSR count). The van der Waals surface area contributed by atoms with Crippen LogP contribution < -0.4 is 11.1 Å². The number of ether oxygens (including phenoxy) is 1. The number of anilines is 1. The highest BCUT2D eigenvalue weighted by Gasteiger charge is 2.17. The fourth-order valence-electron chi connectivity index (χ4n) is 1.88. The van der Waals surface area contributed by atoms with Gasteiger partial charge in [-0.15, -0.1) is 0 Å². The zero-order chi connectivity index (χ0) is 14.5. The largest absolute Gasteiger partial charge is 0.380 e. The Morgan fingerprint density at radius 1 is 1.55 bits per heavy atom. The number of aromatic nitrogens is 2. The Morgan fingerprint density at radius 2 is 2.35 bits per heavy atom. The van der Waals surface area contributed by atoms with Crippen molar-refractivity contribution < 1.29 is 9.53 Å². The Morgan fingerprint density at radius 3 is 3.00 bits per heavy atom. The van der Waals surface area contributed by atoms with Crippen molar-refractivity contribution in [2.45, 2.75) is 12.6 Å². The van der Waals surface area contributed by atoms with E-state index in [1.165, 1.54) is 0 Å². The minimum atomic E-state index is -0.741. The van der Waals surface area contributed by atoms with E-state index in [0.29, 0.717) is 17.9 Å². The van der Waals surface area contributed by atoms with Gasteiger partial charge in [-0.2, -0.15) is 5.10 Å². The Hall–Kier alpha value is -2.18. The summed E-state index contributed by atoms with van der Waals surface area (Å²) < 4.78 is 6.67. The molecule has 0 spiro atoms. The molecule has 1 atom stereocenters. The average molecular weight is 274 g/mol. The van der Waals surface area contributed by atoms with Crippen molar-refractivity contribution >= 4 is 11.6 Å². The van der Waals surface area contributed by atoms with E-state index in [4.69, 9.17) is 10.5 Å². The summed E-state index contributed by atoms with van der Waals surface area (Å²) in [5, 5.41) is 6.80. The molecule has 0 bridgehead atoms. The normalized spacial score (nSPS) is 12.2. The molecule has 0 aliphatic rings. The number of amides is 1. The number of aryl methyl sites for hydroxylation is 1. The number of carbonyl (C=O) groups is 1. The molecule has 6 heteroatoms. The van der Waals surface area contributed by atoms with Gasteiger partial charge >= 0.3 is 0 Å². The smallest absolute Gasteiger partial charge is 0.246 e. The van der Waals surface area contributed by atoms with Gasteiger partial charge in [0.05, 0.1) is 12.8 Å². The standard InChI is InChI=1S/C14H18N4O2/c1-18-8-11(7-16-18)13(15)14(19)17-12-5-3-4-10(6-12)9-20-2/h3-8,13H,9,15H2,1-2H3,(H,17,19). The molecule has 3 N–H and O–H groups in total. The summed E-state index contributed by atoms with van der Waals surface area (Å²) in [5.41, 5.74) is 8.27. The lowest BCUT2D eigenvalue weighted by Crippen LogP contribution is -2.27. The molecule has 1 unspecified atom stereocenters. The molecule has 1 amide bonds. The van der Waals surface area contributed by atoms with E-state index < -0.39 is 6.04 Å². The topological polar surface area (TPSA) is 82.2 Å². The van der Waals surface area contributed by atoms with Gasteiger partial charge < -0.3 is 15.8 Å². The molecule has 0 aliphatic carbocycles. The summed E-state index contributed by atoms with van der Waals surface area (Å²) in [5.74, 6) is -0.271. The first-order chi connectivity index (χ1) is 9.60. The summed E-state index contributed by atoms with van der Waals surface area (Å²) >= 11 is 0. The van der Waals surface area contributed by atoms with E-state index in [2.05, 4.69) is 10.4 Å². The molecular formula is C14H18N4O2. The van der Waals surface area contributed by atoms with Gasteiger partial charge in [0.25, 0.3) is 0 Å². The van der Waals surface area contributed by atoms with Gasteiger partial charge in [0, 0.05) is 31.6 Å². The van der Waals surface area contributed by atoms with Crippen molar-refractivity contribution in [2.24, 2.45) is 12.8 Å². The fraction of sp³-hybridized carbons (Fsp3) is 0.286. The van der Waals surface area contributed by atoms with Crippen LogP contribution in [0.25, 0.3) is 0 Å². The first kappa shape index (κ1) is 14.2. The fourth-order valence-corrected chi connectivity index (χ4v) is 1.88. The summed E-state index contributed by atoms with van der Waals surface area (Å²) in [7, 11) is 3.41. The maximum Gasteiger partial charge on any atom is 0.246 e. The highest BCUT2D eigenvalue weighted by Crippen LogP contribution is 2.15. The first-order valence-corrected chi connectivity index (χ1v) is 6.23. The van der Waals surface area contributed by atoms with Crippen LogP contribution in [0, 0.1) is 0 Å². The maximum absolute atomic E-state index is 12.1. The number of benzene rings is 1. The molecular weight excluding hydrogens is 256 g/mol. The lowest BCUT2D eigenvalue weighted by Gasteiger charge is -2.11. The van der Waals surface area contributed by atoms with E-state index in [9.17, 15) is 4.79 Å². The second-order valence-corrected chi connectivity index (χ2v) is 4.55. The SMILES string of the molecule is COCc1cccc(NC(=O)C(N)c2cnn(C)c2)c1. The summed E-state index contributed by atoms with van der Waals surface area (Å²) in [6, 6.07) is 6.72. The number of hydrogen-bond acceptors (Lipinski definition) is 4. The summed E-state index contributed by atoms with van der Waals surface area (Å²) in [4.78, 5) is 12.1. The van der Waals surface area contributed by atoms with Crippen LogP contribution in [0.3, 0.4) is 0 Å². The van der Waals surface area contributed by atoms with Gasteiger partial charge in [-0.05, 0) is 17.7 Å². The highest BCUT2D eigenvalue weighted by molar-refractivity contribution is 5.95. The third-order valence-electron chi connectivity index (χ3n) is 2.87. The van der Waals surface area contributed by atoms with Gasteiger partial charge in [-0.1, -0.05) is 12.1 Å². The van der Waals surface area contributed by atoms with Crippen LogP contribution >= 0.6 is 0 Å². The van der Waals surface area contributed by atoms with E-state index in [1.807, 2.05) is 24.3 Å². The quantitative estimate of drug-likeness (QED) is 0.858. The van der Waals surface area contributed by atoms with Gasteiger partial charge in [0.1, 0.15) is 6.04 Å². The number of rotatable bonds is 5. The van der Waals surface area contributed by atoms with Crippen molar-refractivity contribution in [3.05, 3.63) is 47.8 Å². The summed E-state index contributed by atoms with van der Waals surface area (Å²) in [6.07, 6.45) is 3.32. The molecule has 2 aromatic rings. The van der Waals surface area contributed by atoms with Crippen LogP contribution in [0.4, 0.5) is 5.69 Å².